The number of rotatable bonds is 3. The second-order valence-electron chi connectivity index (χ2n) is 7.48. The molecule has 3 aromatic carbocycles. The Morgan fingerprint density at radius 1 is 0.788 bits per heavy atom. The summed E-state index contributed by atoms with van der Waals surface area (Å²) < 4.78 is 39.2. The van der Waals surface area contributed by atoms with Gasteiger partial charge in [0, 0.05) is 22.5 Å². The summed E-state index contributed by atoms with van der Waals surface area (Å²) in [6, 6.07) is 23.4. The van der Waals surface area contributed by atoms with Gasteiger partial charge in [-0.25, -0.2) is 4.98 Å². The number of carbonyl (C=O) groups is 1. The summed E-state index contributed by atoms with van der Waals surface area (Å²) in [5.74, 6) is -0.391. The standard InChI is InChI=1S/C26H16F3N3O/c27-26(28,29)17-10-11-19-22(12-13-30-24(19)14-17)32-25(33)20-15-23(16-6-2-1-3-7-16)31-21-9-5-4-8-18(20)21/h1-15H,(H,30,32,33). The molecule has 5 rings (SSSR count). The average molecular weight is 443 g/mol. The van der Waals surface area contributed by atoms with Crippen LogP contribution in [0, 0.1) is 0 Å². The molecule has 0 spiro atoms. The number of anilines is 1. The van der Waals surface area contributed by atoms with Crippen molar-refractivity contribution in [2.24, 2.45) is 0 Å². The topological polar surface area (TPSA) is 54.9 Å². The number of aromatic nitrogens is 2. The van der Waals surface area contributed by atoms with E-state index < -0.39 is 17.6 Å². The number of hydrogen-bond acceptors (Lipinski definition) is 3. The fourth-order valence-corrected chi connectivity index (χ4v) is 3.74. The molecule has 0 atom stereocenters. The van der Waals surface area contributed by atoms with Crippen molar-refractivity contribution in [3.63, 3.8) is 0 Å². The molecule has 0 fully saturated rings. The summed E-state index contributed by atoms with van der Waals surface area (Å²) >= 11 is 0. The number of halogens is 3. The fraction of sp³-hybridized carbons (Fsp3) is 0.0385. The number of alkyl halides is 3. The van der Waals surface area contributed by atoms with Crippen molar-refractivity contribution >= 4 is 33.4 Å². The lowest BCUT2D eigenvalue weighted by molar-refractivity contribution is -0.137. The van der Waals surface area contributed by atoms with Gasteiger partial charge in [0.1, 0.15) is 0 Å². The molecule has 0 aliphatic heterocycles. The van der Waals surface area contributed by atoms with Gasteiger partial charge in [0.05, 0.1) is 33.5 Å². The number of amides is 1. The Morgan fingerprint density at radius 2 is 1.55 bits per heavy atom. The van der Waals surface area contributed by atoms with Crippen LogP contribution in [-0.4, -0.2) is 15.9 Å². The maximum absolute atomic E-state index is 13.3. The molecule has 1 amide bonds. The van der Waals surface area contributed by atoms with Gasteiger partial charge >= 0.3 is 6.18 Å². The van der Waals surface area contributed by atoms with Crippen molar-refractivity contribution in [3.05, 3.63) is 102 Å². The molecular formula is C26H16F3N3O. The largest absolute Gasteiger partial charge is 0.416 e. The van der Waals surface area contributed by atoms with Crippen LogP contribution in [0.2, 0.25) is 0 Å². The van der Waals surface area contributed by atoms with Crippen molar-refractivity contribution in [3.8, 4) is 11.3 Å². The molecule has 0 bridgehead atoms. The number of fused-ring (bicyclic) bond motifs is 2. The number of benzene rings is 3. The Balaban J connectivity index is 1.58. The molecule has 2 heterocycles. The molecule has 0 saturated carbocycles. The maximum Gasteiger partial charge on any atom is 0.416 e. The highest BCUT2D eigenvalue weighted by Gasteiger charge is 2.30. The van der Waals surface area contributed by atoms with Crippen LogP contribution in [0.5, 0.6) is 0 Å². The number of nitrogens with zero attached hydrogens (tertiary/aromatic N) is 2. The zero-order valence-corrected chi connectivity index (χ0v) is 17.1. The van der Waals surface area contributed by atoms with Crippen LogP contribution in [0.15, 0.2) is 91.1 Å². The third-order valence-corrected chi connectivity index (χ3v) is 5.35. The van der Waals surface area contributed by atoms with E-state index in [1.165, 1.54) is 12.3 Å². The summed E-state index contributed by atoms with van der Waals surface area (Å²) in [5.41, 5.74) is 2.32. The average Bonchev–Trinajstić information content (AvgIpc) is 2.83. The van der Waals surface area contributed by atoms with Gasteiger partial charge in [-0.2, -0.15) is 13.2 Å². The summed E-state index contributed by atoms with van der Waals surface area (Å²) in [5, 5.41) is 3.93. The third-order valence-electron chi connectivity index (χ3n) is 5.35. The van der Waals surface area contributed by atoms with E-state index in [2.05, 4.69) is 15.3 Å². The van der Waals surface area contributed by atoms with E-state index in [0.29, 0.717) is 33.2 Å². The lowest BCUT2D eigenvalue weighted by Crippen LogP contribution is -2.13. The number of carbonyl (C=O) groups excluding carboxylic acids is 1. The SMILES string of the molecule is O=C(Nc1ccnc2cc(C(F)(F)F)ccc12)c1cc(-c2ccccc2)nc2ccccc12. The van der Waals surface area contributed by atoms with Gasteiger partial charge in [0.2, 0.25) is 0 Å². The lowest BCUT2D eigenvalue weighted by Gasteiger charge is -2.13. The molecule has 4 nitrogen and oxygen atoms in total. The highest BCUT2D eigenvalue weighted by atomic mass is 19.4. The van der Waals surface area contributed by atoms with Crippen molar-refractivity contribution in [2.75, 3.05) is 5.32 Å². The van der Waals surface area contributed by atoms with Crippen LogP contribution in [0.25, 0.3) is 33.1 Å². The first-order valence-corrected chi connectivity index (χ1v) is 10.1. The van der Waals surface area contributed by atoms with Crippen molar-refractivity contribution in [1.29, 1.82) is 0 Å². The summed E-state index contributed by atoms with van der Waals surface area (Å²) in [6.45, 7) is 0. The third kappa shape index (κ3) is 4.01. The highest BCUT2D eigenvalue weighted by molar-refractivity contribution is 6.15. The lowest BCUT2D eigenvalue weighted by atomic mass is 10.0. The Morgan fingerprint density at radius 3 is 2.33 bits per heavy atom. The fourth-order valence-electron chi connectivity index (χ4n) is 3.74. The highest BCUT2D eigenvalue weighted by Crippen LogP contribution is 2.33. The zero-order valence-electron chi connectivity index (χ0n) is 17.1. The predicted octanol–water partition coefficient (Wildman–Crippen LogP) is 6.72. The monoisotopic (exact) mass is 443 g/mol. The van der Waals surface area contributed by atoms with Gasteiger partial charge in [-0.15, -0.1) is 0 Å². The van der Waals surface area contributed by atoms with Crippen molar-refractivity contribution in [1.82, 2.24) is 9.97 Å². The zero-order chi connectivity index (χ0) is 23.0. The van der Waals surface area contributed by atoms with E-state index in [1.54, 1.807) is 12.1 Å². The number of para-hydroxylation sites is 1. The van der Waals surface area contributed by atoms with Crippen molar-refractivity contribution in [2.45, 2.75) is 6.18 Å². The van der Waals surface area contributed by atoms with Crippen LogP contribution >= 0.6 is 0 Å². The molecule has 2 aromatic heterocycles. The first-order chi connectivity index (χ1) is 15.9. The molecule has 0 saturated heterocycles. The van der Waals surface area contributed by atoms with Crippen LogP contribution in [0.3, 0.4) is 0 Å². The molecule has 1 N–H and O–H groups in total. The van der Waals surface area contributed by atoms with Crippen LogP contribution < -0.4 is 5.32 Å². The van der Waals surface area contributed by atoms with Gasteiger partial charge in [-0.1, -0.05) is 54.6 Å². The molecule has 162 valence electrons. The normalized spacial score (nSPS) is 11.6. The minimum atomic E-state index is -4.47. The van der Waals surface area contributed by atoms with Gasteiger partial charge in [0.15, 0.2) is 0 Å². The van der Waals surface area contributed by atoms with E-state index in [-0.39, 0.29) is 5.52 Å². The number of hydrogen-bond donors (Lipinski definition) is 1. The number of nitrogens with one attached hydrogen (secondary N) is 1. The minimum absolute atomic E-state index is 0.146. The van der Waals surface area contributed by atoms with Gasteiger partial charge in [-0.3, -0.25) is 9.78 Å². The van der Waals surface area contributed by atoms with E-state index in [9.17, 15) is 18.0 Å². The summed E-state index contributed by atoms with van der Waals surface area (Å²) in [6.07, 6.45) is -3.10. The van der Waals surface area contributed by atoms with Crippen LogP contribution in [-0.2, 0) is 6.18 Å². The van der Waals surface area contributed by atoms with E-state index in [1.807, 2.05) is 54.6 Å². The van der Waals surface area contributed by atoms with Gasteiger partial charge in [-0.05, 0) is 30.3 Å². The smallest absolute Gasteiger partial charge is 0.321 e. The first-order valence-electron chi connectivity index (χ1n) is 10.1. The second-order valence-corrected chi connectivity index (χ2v) is 7.48. The Kier molecular flexibility index (Phi) is 5.01. The van der Waals surface area contributed by atoms with Gasteiger partial charge in [0.25, 0.3) is 5.91 Å². The molecule has 0 unspecified atom stereocenters. The van der Waals surface area contributed by atoms with E-state index in [0.717, 1.165) is 17.7 Å². The van der Waals surface area contributed by atoms with Gasteiger partial charge < -0.3 is 5.32 Å². The molecule has 5 aromatic rings. The molecule has 0 aliphatic rings. The molecule has 33 heavy (non-hydrogen) atoms. The Hall–Kier alpha value is -4.26. The Labute approximate surface area is 186 Å². The quantitative estimate of drug-likeness (QED) is 0.337. The summed E-state index contributed by atoms with van der Waals surface area (Å²) in [4.78, 5) is 22.1. The minimum Gasteiger partial charge on any atom is -0.321 e. The van der Waals surface area contributed by atoms with Crippen molar-refractivity contribution < 1.29 is 18.0 Å². The molecule has 0 aliphatic carbocycles. The number of pyridine rings is 2. The summed E-state index contributed by atoms with van der Waals surface area (Å²) in [7, 11) is 0. The first kappa shape index (κ1) is 20.6. The Bertz CT molecular complexity index is 1500. The van der Waals surface area contributed by atoms with E-state index >= 15 is 0 Å². The second kappa shape index (κ2) is 8.02. The molecule has 7 heteroatoms. The predicted molar refractivity (Wildman–Crippen MR) is 122 cm³/mol. The van der Waals surface area contributed by atoms with Crippen LogP contribution in [0.4, 0.5) is 18.9 Å². The molecule has 0 radical (unpaired) electrons. The van der Waals surface area contributed by atoms with E-state index in [4.69, 9.17) is 0 Å². The molecular weight excluding hydrogens is 427 g/mol. The van der Waals surface area contributed by atoms with Crippen LogP contribution in [0.1, 0.15) is 15.9 Å². The maximum atomic E-state index is 13.3.